The van der Waals surface area contributed by atoms with E-state index >= 15 is 0 Å². The van der Waals surface area contributed by atoms with Crippen molar-refractivity contribution < 1.29 is 13.5 Å². The Hall–Kier alpha value is -1.16. The number of benzene rings is 1. The van der Waals surface area contributed by atoms with Crippen molar-refractivity contribution >= 4 is 0 Å². The Labute approximate surface area is 112 Å². The summed E-state index contributed by atoms with van der Waals surface area (Å²) in [6.07, 6.45) is 2.67. The lowest BCUT2D eigenvalue weighted by molar-refractivity contribution is 0.0862. The Morgan fingerprint density at radius 1 is 1.16 bits per heavy atom. The monoisotopic (exact) mass is 269 g/mol. The standard InChI is InChI=1S/C15H21F2NO/c1-9(2)10-3-4-14(18)15(5-10)19-13-7-11(16)6-12(17)8-13/h6-10,14-15H,3-5,18H2,1-2H3. The Bertz CT molecular complexity index is 416. The maximum atomic E-state index is 13.1. The molecule has 1 aromatic rings. The van der Waals surface area contributed by atoms with E-state index in [9.17, 15) is 8.78 Å². The minimum atomic E-state index is -0.625. The van der Waals surface area contributed by atoms with Crippen LogP contribution >= 0.6 is 0 Å². The third-order valence-electron chi connectivity index (χ3n) is 3.95. The third kappa shape index (κ3) is 3.66. The summed E-state index contributed by atoms with van der Waals surface area (Å²) in [6.45, 7) is 4.36. The van der Waals surface area contributed by atoms with Crippen molar-refractivity contribution in [2.24, 2.45) is 17.6 Å². The third-order valence-corrected chi connectivity index (χ3v) is 3.95. The Morgan fingerprint density at radius 3 is 2.37 bits per heavy atom. The molecule has 0 radical (unpaired) electrons. The molecule has 1 fully saturated rings. The average molecular weight is 269 g/mol. The van der Waals surface area contributed by atoms with Crippen LogP contribution in [0.1, 0.15) is 33.1 Å². The first-order chi connectivity index (χ1) is 8.95. The molecule has 0 heterocycles. The smallest absolute Gasteiger partial charge is 0.129 e. The van der Waals surface area contributed by atoms with E-state index in [4.69, 9.17) is 10.5 Å². The van der Waals surface area contributed by atoms with E-state index in [0.717, 1.165) is 25.3 Å². The van der Waals surface area contributed by atoms with E-state index < -0.39 is 11.6 Å². The van der Waals surface area contributed by atoms with Crippen LogP contribution in [0.15, 0.2) is 18.2 Å². The van der Waals surface area contributed by atoms with Gasteiger partial charge in [-0.05, 0) is 31.1 Å². The summed E-state index contributed by atoms with van der Waals surface area (Å²) in [6, 6.07) is 3.18. The average Bonchev–Trinajstić information content (AvgIpc) is 2.30. The van der Waals surface area contributed by atoms with Crippen molar-refractivity contribution in [2.75, 3.05) is 0 Å². The number of hydrogen-bond donors (Lipinski definition) is 1. The van der Waals surface area contributed by atoms with Crippen molar-refractivity contribution in [3.05, 3.63) is 29.8 Å². The van der Waals surface area contributed by atoms with E-state index in [1.54, 1.807) is 0 Å². The van der Waals surface area contributed by atoms with Crippen LogP contribution in [0.2, 0.25) is 0 Å². The van der Waals surface area contributed by atoms with E-state index in [1.807, 2.05) is 0 Å². The Morgan fingerprint density at radius 2 is 1.79 bits per heavy atom. The highest BCUT2D eigenvalue weighted by atomic mass is 19.1. The van der Waals surface area contributed by atoms with Gasteiger partial charge in [-0.3, -0.25) is 0 Å². The maximum Gasteiger partial charge on any atom is 0.129 e. The molecular formula is C15H21F2NO. The Kier molecular flexibility index (Phi) is 4.40. The largest absolute Gasteiger partial charge is 0.489 e. The summed E-state index contributed by atoms with van der Waals surface area (Å²) >= 11 is 0. The summed E-state index contributed by atoms with van der Waals surface area (Å²) in [7, 11) is 0. The molecule has 19 heavy (non-hydrogen) atoms. The number of ether oxygens (including phenoxy) is 1. The molecule has 2 nitrogen and oxygen atoms in total. The van der Waals surface area contributed by atoms with Crippen LogP contribution in [-0.2, 0) is 0 Å². The van der Waals surface area contributed by atoms with E-state index in [-0.39, 0.29) is 17.9 Å². The summed E-state index contributed by atoms with van der Waals surface area (Å²) in [5.74, 6) is 0.105. The second-order valence-corrected chi connectivity index (χ2v) is 5.74. The summed E-state index contributed by atoms with van der Waals surface area (Å²) in [4.78, 5) is 0. The van der Waals surface area contributed by atoms with Gasteiger partial charge < -0.3 is 10.5 Å². The fourth-order valence-electron chi connectivity index (χ4n) is 2.70. The van der Waals surface area contributed by atoms with Gasteiger partial charge in [-0.2, -0.15) is 0 Å². The predicted octanol–water partition coefficient (Wildman–Crippen LogP) is 3.50. The molecular weight excluding hydrogens is 248 g/mol. The molecule has 0 spiro atoms. The maximum absolute atomic E-state index is 13.1. The second-order valence-electron chi connectivity index (χ2n) is 5.74. The number of rotatable bonds is 3. The van der Waals surface area contributed by atoms with Gasteiger partial charge >= 0.3 is 0 Å². The quantitative estimate of drug-likeness (QED) is 0.911. The summed E-state index contributed by atoms with van der Waals surface area (Å²) in [5.41, 5.74) is 6.05. The zero-order valence-corrected chi connectivity index (χ0v) is 11.4. The number of halogens is 2. The molecule has 0 bridgehead atoms. The van der Waals surface area contributed by atoms with Crippen LogP contribution in [0, 0.1) is 23.5 Å². The zero-order valence-electron chi connectivity index (χ0n) is 11.4. The molecule has 2 rings (SSSR count). The van der Waals surface area contributed by atoms with Crippen LogP contribution in [0.3, 0.4) is 0 Å². The molecule has 1 aliphatic carbocycles. The first-order valence-corrected chi connectivity index (χ1v) is 6.84. The van der Waals surface area contributed by atoms with Crippen molar-refractivity contribution in [1.29, 1.82) is 0 Å². The van der Waals surface area contributed by atoms with Gasteiger partial charge in [-0.1, -0.05) is 13.8 Å². The van der Waals surface area contributed by atoms with Gasteiger partial charge in [0.05, 0.1) is 0 Å². The lowest BCUT2D eigenvalue weighted by atomic mass is 9.78. The molecule has 0 amide bonds. The molecule has 0 aromatic heterocycles. The lowest BCUT2D eigenvalue weighted by Crippen LogP contribution is -2.44. The minimum Gasteiger partial charge on any atom is -0.489 e. The molecule has 3 atom stereocenters. The zero-order chi connectivity index (χ0) is 14.0. The number of nitrogens with two attached hydrogens (primary N) is 1. The van der Waals surface area contributed by atoms with Gasteiger partial charge in [0.25, 0.3) is 0 Å². The molecule has 2 N–H and O–H groups in total. The van der Waals surface area contributed by atoms with Crippen LogP contribution < -0.4 is 10.5 Å². The highest BCUT2D eigenvalue weighted by Crippen LogP contribution is 2.32. The van der Waals surface area contributed by atoms with Gasteiger partial charge in [0.2, 0.25) is 0 Å². The summed E-state index contributed by atoms with van der Waals surface area (Å²) < 4.78 is 32.0. The van der Waals surface area contributed by atoms with Crippen LogP contribution in [0.4, 0.5) is 8.78 Å². The second kappa shape index (κ2) is 5.87. The van der Waals surface area contributed by atoms with E-state index in [0.29, 0.717) is 11.8 Å². The normalized spacial score (nSPS) is 27.6. The van der Waals surface area contributed by atoms with Crippen molar-refractivity contribution in [1.82, 2.24) is 0 Å². The lowest BCUT2D eigenvalue weighted by Gasteiger charge is -2.36. The summed E-state index contributed by atoms with van der Waals surface area (Å²) in [5, 5.41) is 0. The predicted molar refractivity (Wildman–Crippen MR) is 70.9 cm³/mol. The van der Waals surface area contributed by atoms with Crippen molar-refractivity contribution in [3.8, 4) is 5.75 Å². The molecule has 4 heteroatoms. The molecule has 1 aromatic carbocycles. The van der Waals surface area contributed by atoms with E-state index in [2.05, 4.69) is 13.8 Å². The molecule has 1 aliphatic rings. The first kappa shape index (κ1) is 14.3. The van der Waals surface area contributed by atoms with Gasteiger partial charge in [0.15, 0.2) is 0 Å². The molecule has 0 saturated heterocycles. The van der Waals surface area contributed by atoms with Gasteiger partial charge in [-0.25, -0.2) is 8.78 Å². The minimum absolute atomic E-state index is 0.0682. The highest BCUT2D eigenvalue weighted by molar-refractivity contribution is 5.24. The Balaban J connectivity index is 2.07. The van der Waals surface area contributed by atoms with Crippen molar-refractivity contribution in [2.45, 2.75) is 45.3 Å². The molecule has 106 valence electrons. The van der Waals surface area contributed by atoms with Gasteiger partial charge in [0, 0.05) is 24.2 Å². The van der Waals surface area contributed by atoms with Crippen LogP contribution in [-0.4, -0.2) is 12.1 Å². The molecule has 3 unspecified atom stereocenters. The first-order valence-electron chi connectivity index (χ1n) is 6.84. The van der Waals surface area contributed by atoms with Crippen molar-refractivity contribution in [3.63, 3.8) is 0 Å². The van der Waals surface area contributed by atoms with Crippen LogP contribution in [0.25, 0.3) is 0 Å². The van der Waals surface area contributed by atoms with Gasteiger partial charge in [0.1, 0.15) is 23.5 Å². The van der Waals surface area contributed by atoms with E-state index in [1.165, 1.54) is 12.1 Å². The van der Waals surface area contributed by atoms with Gasteiger partial charge in [-0.15, -0.1) is 0 Å². The van der Waals surface area contributed by atoms with Crippen LogP contribution in [0.5, 0.6) is 5.75 Å². The molecule has 0 aliphatic heterocycles. The number of hydrogen-bond acceptors (Lipinski definition) is 2. The highest BCUT2D eigenvalue weighted by Gasteiger charge is 2.31. The topological polar surface area (TPSA) is 35.2 Å². The molecule has 1 saturated carbocycles. The fourth-order valence-corrected chi connectivity index (χ4v) is 2.70. The SMILES string of the molecule is CC(C)C1CCC(N)C(Oc2cc(F)cc(F)c2)C1. The fraction of sp³-hybridized carbons (Fsp3) is 0.600.